The fraction of sp³-hybridized carbons (Fsp3) is 0.467. The molecule has 0 saturated carbocycles. The maximum Gasteiger partial charge on any atom is 0.327 e. The van der Waals surface area contributed by atoms with Crippen LogP contribution in [0.3, 0.4) is 0 Å². The molecule has 0 spiro atoms. The predicted molar refractivity (Wildman–Crippen MR) is 81.9 cm³/mol. The van der Waals surface area contributed by atoms with Crippen molar-refractivity contribution in [3.8, 4) is 5.75 Å². The monoisotopic (exact) mass is 309 g/mol. The van der Waals surface area contributed by atoms with Crippen molar-refractivity contribution >= 4 is 23.6 Å². The van der Waals surface area contributed by atoms with Gasteiger partial charge in [0.1, 0.15) is 11.8 Å². The topological polar surface area (TPSA) is 75.6 Å². The summed E-state index contributed by atoms with van der Waals surface area (Å²) in [6, 6.07) is 7.13. The molecule has 2 unspecified atom stereocenters. The minimum atomic E-state index is -0.995. The van der Waals surface area contributed by atoms with Gasteiger partial charge in [-0.15, -0.1) is 0 Å². The molecule has 5 nitrogen and oxygen atoms in total. The third kappa shape index (κ3) is 4.39. The molecule has 114 valence electrons. The van der Waals surface area contributed by atoms with Gasteiger partial charge in [-0.05, 0) is 24.0 Å². The number of carboxylic acid groups (broad SMARTS) is 1. The van der Waals surface area contributed by atoms with Crippen LogP contribution in [-0.2, 0) is 9.59 Å². The van der Waals surface area contributed by atoms with E-state index in [4.69, 9.17) is 9.84 Å². The molecule has 1 aromatic carbocycles. The number of benzene rings is 1. The molecule has 2 N–H and O–H groups in total. The average molecular weight is 309 g/mol. The third-order valence-corrected chi connectivity index (χ3v) is 4.57. The summed E-state index contributed by atoms with van der Waals surface area (Å²) in [6.07, 6.45) is 0.932. The van der Waals surface area contributed by atoms with Crippen LogP contribution in [0.4, 0.5) is 0 Å². The van der Waals surface area contributed by atoms with Crippen molar-refractivity contribution in [1.82, 2.24) is 5.32 Å². The van der Waals surface area contributed by atoms with Crippen LogP contribution in [0.5, 0.6) is 5.75 Å². The molecule has 0 saturated heterocycles. The highest BCUT2D eigenvalue weighted by Gasteiger charge is 2.23. The Morgan fingerprint density at radius 3 is 2.95 bits per heavy atom. The Balaban J connectivity index is 1.89. The largest absolute Gasteiger partial charge is 0.493 e. The Kier molecular flexibility index (Phi) is 5.50. The van der Waals surface area contributed by atoms with E-state index in [0.717, 1.165) is 17.9 Å². The third-order valence-electron chi connectivity index (χ3n) is 3.36. The second-order valence-electron chi connectivity index (χ2n) is 5.00. The molecular weight excluding hydrogens is 290 g/mol. The Labute approximate surface area is 128 Å². The maximum absolute atomic E-state index is 11.1. The van der Waals surface area contributed by atoms with Crippen molar-refractivity contribution in [3.63, 3.8) is 0 Å². The van der Waals surface area contributed by atoms with Crippen molar-refractivity contribution in [2.75, 3.05) is 18.1 Å². The van der Waals surface area contributed by atoms with Gasteiger partial charge in [0.15, 0.2) is 0 Å². The fourth-order valence-electron chi connectivity index (χ4n) is 2.34. The van der Waals surface area contributed by atoms with Crippen LogP contribution >= 0.6 is 11.8 Å². The normalized spacial score (nSPS) is 18.2. The molecule has 21 heavy (non-hydrogen) atoms. The number of carbonyl (C=O) groups excluding carboxylic acids is 1. The second-order valence-corrected chi connectivity index (χ2v) is 6.08. The van der Waals surface area contributed by atoms with Gasteiger partial charge in [0.05, 0.1) is 6.61 Å². The van der Waals surface area contributed by atoms with Gasteiger partial charge in [-0.3, -0.25) is 4.79 Å². The summed E-state index contributed by atoms with van der Waals surface area (Å²) in [7, 11) is 0. The van der Waals surface area contributed by atoms with Crippen molar-refractivity contribution in [1.29, 1.82) is 0 Å². The van der Waals surface area contributed by atoms with E-state index in [2.05, 4.69) is 11.4 Å². The first kappa shape index (κ1) is 15.7. The summed E-state index contributed by atoms with van der Waals surface area (Å²) in [5, 5.41) is 11.5. The number of fused-ring (bicyclic) bond motifs is 1. The first-order chi connectivity index (χ1) is 10.1. The number of para-hydroxylation sites is 1. The summed E-state index contributed by atoms with van der Waals surface area (Å²) in [5.41, 5.74) is 1.18. The Morgan fingerprint density at radius 1 is 1.48 bits per heavy atom. The quantitative estimate of drug-likeness (QED) is 0.839. The van der Waals surface area contributed by atoms with E-state index in [1.54, 1.807) is 11.8 Å². The fourth-order valence-corrected chi connectivity index (χ4v) is 3.57. The number of carbonyl (C=O) groups is 2. The minimum Gasteiger partial charge on any atom is -0.493 e. The first-order valence-electron chi connectivity index (χ1n) is 6.87. The molecule has 0 aromatic heterocycles. The molecular formula is C15H19NO4S. The smallest absolute Gasteiger partial charge is 0.327 e. The van der Waals surface area contributed by atoms with E-state index in [0.29, 0.717) is 18.3 Å². The highest BCUT2D eigenvalue weighted by atomic mass is 32.2. The molecule has 0 bridgehead atoms. The Bertz CT molecular complexity index is 520. The van der Waals surface area contributed by atoms with Crippen molar-refractivity contribution < 1.29 is 19.4 Å². The van der Waals surface area contributed by atoms with Crippen LogP contribution in [0.2, 0.25) is 0 Å². The number of hydrogen-bond acceptors (Lipinski definition) is 4. The number of amides is 1. The molecule has 0 radical (unpaired) electrons. The molecule has 0 fully saturated rings. The van der Waals surface area contributed by atoms with Crippen LogP contribution < -0.4 is 10.1 Å². The van der Waals surface area contributed by atoms with Crippen LogP contribution in [0.1, 0.15) is 24.8 Å². The highest BCUT2D eigenvalue weighted by Crippen LogP contribution is 2.35. The predicted octanol–water partition coefficient (Wildman–Crippen LogP) is 1.88. The van der Waals surface area contributed by atoms with Gasteiger partial charge in [-0.1, -0.05) is 18.2 Å². The number of hydrogen-bond donors (Lipinski definition) is 2. The van der Waals surface area contributed by atoms with E-state index >= 15 is 0 Å². The molecule has 2 atom stereocenters. The maximum atomic E-state index is 11.1. The summed E-state index contributed by atoms with van der Waals surface area (Å²) < 4.78 is 5.61. The van der Waals surface area contributed by atoms with Gasteiger partial charge < -0.3 is 15.2 Å². The summed E-state index contributed by atoms with van der Waals surface area (Å²) in [6.45, 7) is 2.02. The summed E-state index contributed by atoms with van der Waals surface area (Å²) in [4.78, 5) is 22.1. The number of thioether (sulfide) groups is 1. The lowest BCUT2D eigenvalue weighted by Crippen LogP contribution is -2.41. The van der Waals surface area contributed by atoms with Gasteiger partial charge >= 0.3 is 5.97 Å². The van der Waals surface area contributed by atoms with Crippen molar-refractivity contribution in [2.45, 2.75) is 25.3 Å². The van der Waals surface area contributed by atoms with Gasteiger partial charge in [-0.2, -0.15) is 11.8 Å². The zero-order valence-corrected chi connectivity index (χ0v) is 12.7. The SMILES string of the molecule is CC(=O)NC(CSCC1CCOc2ccccc21)C(=O)O. The minimum absolute atomic E-state index is 0.320. The molecule has 1 amide bonds. The number of nitrogens with one attached hydrogen (secondary N) is 1. The van der Waals surface area contributed by atoms with Crippen LogP contribution in [0.15, 0.2) is 24.3 Å². The van der Waals surface area contributed by atoms with E-state index in [1.807, 2.05) is 18.2 Å². The van der Waals surface area contributed by atoms with Gasteiger partial charge in [-0.25, -0.2) is 4.79 Å². The van der Waals surface area contributed by atoms with Crippen LogP contribution in [0, 0.1) is 0 Å². The zero-order chi connectivity index (χ0) is 15.2. The van der Waals surface area contributed by atoms with E-state index in [1.165, 1.54) is 12.5 Å². The zero-order valence-electron chi connectivity index (χ0n) is 11.9. The molecule has 0 aliphatic carbocycles. The summed E-state index contributed by atoms with van der Waals surface area (Å²) in [5.74, 6) is 1.17. The van der Waals surface area contributed by atoms with E-state index < -0.39 is 12.0 Å². The van der Waals surface area contributed by atoms with Gasteiger partial charge in [0.2, 0.25) is 5.91 Å². The lowest BCUT2D eigenvalue weighted by Gasteiger charge is -2.26. The Morgan fingerprint density at radius 2 is 2.24 bits per heavy atom. The molecule has 6 heteroatoms. The van der Waals surface area contributed by atoms with Crippen LogP contribution in [-0.4, -0.2) is 41.1 Å². The number of aliphatic carboxylic acids is 1. The Hall–Kier alpha value is -1.69. The lowest BCUT2D eigenvalue weighted by molar-refractivity contribution is -0.140. The summed E-state index contributed by atoms with van der Waals surface area (Å²) >= 11 is 1.55. The number of rotatable bonds is 6. The van der Waals surface area contributed by atoms with Gasteiger partial charge in [0, 0.05) is 18.4 Å². The number of carboxylic acids is 1. The molecule has 1 aromatic rings. The standard InChI is InChI=1S/C15H19NO4S/c1-10(17)16-13(15(18)19)9-21-8-11-6-7-20-14-5-3-2-4-12(11)14/h2-5,11,13H,6-9H2,1H3,(H,16,17)(H,18,19). The average Bonchev–Trinajstić information content (AvgIpc) is 2.46. The molecule has 1 aliphatic rings. The lowest BCUT2D eigenvalue weighted by atomic mass is 9.95. The van der Waals surface area contributed by atoms with Crippen molar-refractivity contribution in [3.05, 3.63) is 29.8 Å². The molecule has 1 aliphatic heterocycles. The highest BCUT2D eigenvalue weighted by molar-refractivity contribution is 7.99. The number of ether oxygens (including phenoxy) is 1. The van der Waals surface area contributed by atoms with E-state index in [-0.39, 0.29) is 5.91 Å². The molecule has 1 heterocycles. The van der Waals surface area contributed by atoms with Gasteiger partial charge in [0.25, 0.3) is 0 Å². The first-order valence-corrected chi connectivity index (χ1v) is 8.02. The second kappa shape index (κ2) is 7.36. The van der Waals surface area contributed by atoms with Crippen LogP contribution in [0.25, 0.3) is 0 Å². The van der Waals surface area contributed by atoms with Crippen molar-refractivity contribution in [2.24, 2.45) is 0 Å². The van der Waals surface area contributed by atoms with E-state index in [9.17, 15) is 9.59 Å². The molecule has 2 rings (SSSR count).